The maximum atomic E-state index is 11.5. The number of nitrogens with one attached hydrogen (secondary N) is 2. The Hall–Kier alpha value is -4.21. The fourth-order valence-electron chi connectivity index (χ4n) is 5.42. The molecule has 0 aliphatic carbocycles. The number of carboxylic acids is 1. The van der Waals surface area contributed by atoms with Crippen LogP contribution in [0.15, 0.2) is 66.1 Å². The van der Waals surface area contributed by atoms with Crippen molar-refractivity contribution in [2.24, 2.45) is 0 Å². The van der Waals surface area contributed by atoms with Gasteiger partial charge in [0, 0.05) is 44.1 Å². The van der Waals surface area contributed by atoms with Gasteiger partial charge in [-0.15, -0.1) is 0 Å². The second-order valence-electron chi connectivity index (χ2n) is 10.4. The molecule has 0 spiro atoms. The minimum absolute atomic E-state index is 0.0687. The highest BCUT2D eigenvalue weighted by Crippen LogP contribution is 2.32. The number of hydrogen-bond donors (Lipinski definition) is 3. The normalized spacial score (nSPS) is 16.3. The smallest absolute Gasteiger partial charge is 0.342 e. The van der Waals surface area contributed by atoms with Gasteiger partial charge < -0.3 is 30.0 Å². The van der Waals surface area contributed by atoms with Gasteiger partial charge in [0.15, 0.2) is 0 Å². The molecule has 1 saturated heterocycles. The highest BCUT2D eigenvalue weighted by molar-refractivity contribution is 6.08. The minimum atomic E-state index is -1.27. The van der Waals surface area contributed by atoms with Crippen molar-refractivity contribution < 1.29 is 24.1 Å². The van der Waals surface area contributed by atoms with Crippen molar-refractivity contribution in [3.8, 4) is 17.0 Å². The van der Waals surface area contributed by atoms with Crippen LogP contribution in [0.2, 0.25) is 0 Å². The number of carboxylic acid groups (broad SMARTS) is 1. The lowest BCUT2D eigenvalue weighted by Crippen LogP contribution is -2.42. The monoisotopic (exact) mass is 556 g/mol. The lowest BCUT2D eigenvalue weighted by molar-refractivity contribution is -0.132. The number of aryl methyl sites for hydroxylation is 1. The molecule has 41 heavy (non-hydrogen) atoms. The van der Waals surface area contributed by atoms with Crippen molar-refractivity contribution in [2.45, 2.75) is 45.4 Å². The van der Waals surface area contributed by atoms with Crippen LogP contribution in [0.3, 0.4) is 0 Å². The number of rotatable bonds is 10. The highest BCUT2D eigenvalue weighted by Gasteiger charge is 2.25. The van der Waals surface area contributed by atoms with Crippen molar-refractivity contribution in [1.82, 2.24) is 9.88 Å². The number of aliphatic carboxylic acids is 1. The van der Waals surface area contributed by atoms with E-state index in [9.17, 15) is 9.90 Å². The van der Waals surface area contributed by atoms with Gasteiger partial charge in [-0.25, -0.2) is 9.78 Å². The summed E-state index contributed by atoms with van der Waals surface area (Å²) in [5.74, 6) is -0.239. The fraction of sp³-hybridized carbons (Fsp3) is 0.344. The quantitative estimate of drug-likeness (QED) is 0.178. The molecule has 0 bridgehead atoms. The lowest BCUT2D eigenvalue weighted by Gasteiger charge is -2.37. The molecule has 2 aliphatic heterocycles. The summed E-state index contributed by atoms with van der Waals surface area (Å²) in [5, 5.41) is 19.6. The van der Waals surface area contributed by atoms with Gasteiger partial charge in [-0.3, -0.25) is 4.90 Å². The van der Waals surface area contributed by atoms with Gasteiger partial charge in [0.05, 0.1) is 12.8 Å². The van der Waals surface area contributed by atoms with Gasteiger partial charge in [-0.05, 0) is 72.7 Å². The fourth-order valence-corrected chi connectivity index (χ4v) is 5.42. The topological polar surface area (TPSA) is 117 Å². The molecule has 9 heteroatoms. The van der Waals surface area contributed by atoms with Crippen molar-refractivity contribution >= 4 is 18.0 Å². The summed E-state index contributed by atoms with van der Waals surface area (Å²) in [4.78, 5) is 18.7. The Morgan fingerprint density at radius 2 is 2.00 bits per heavy atom. The van der Waals surface area contributed by atoms with E-state index in [0.717, 1.165) is 68.5 Å². The minimum Gasteiger partial charge on any atom is -0.488 e. The molecule has 2 aliphatic rings. The molecule has 0 unspecified atom stereocenters. The number of aromatic nitrogens is 1. The third kappa shape index (κ3) is 6.75. The molecule has 214 valence electrons. The van der Waals surface area contributed by atoms with Gasteiger partial charge in [-0.1, -0.05) is 30.3 Å². The van der Waals surface area contributed by atoms with E-state index in [1.54, 1.807) is 6.07 Å². The number of methoxy groups -OCH3 is 1. The van der Waals surface area contributed by atoms with Crippen molar-refractivity contribution in [1.29, 1.82) is 5.41 Å². The molecule has 2 aromatic carbocycles. The molecule has 1 aromatic heterocycles. The molecule has 1 fully saturated rings. The van der Waals surface area contributed by atoms with Crippen molar-refractivity contribution in [2.75, 3.05) is 32.2 Å². The molecule has 0 radical (unpaired) electrons. The van der Waals surface area contributed by atoms with E-state index in [0.29, 0.717) is 29.9 Å². The van der Waals surface area contributed by atoms with E-state index in [1.165, 1.54) is 18.2 Å². The lowest BCUT2D eigenvalue weighted by atomic mass is 9.95. The maximum Gasteiger partial charge on any atom is 0.342 e. The summed E-state index contributed by atoms with van der Waals surface area (Å²) in [6.45, 7) is 6.25. The van der Waals surface area contributed by atoms with Crippen LogP contribution in [-0.4, -0.2) is 60.1 Å². The van der Waals surface area contributed by atoms with Crippen LogP contribution in [0.25, 0.3) is 11.3 Å². The second kappa shape index (κ2) is 13.0. The van der Waals surface area contributed by atoms with Crippen LogP contribution in [-0.2, 0) is 33.8 Å². The van der Waals surface area contributed by atoms with Crippen LogP contribution in [0.1, 0.15) is 35.1 Å². The van der Waals surface area contributed by atoms with Crippen LogP contribution < -0.4 is 10.1 Å². The first kappa shape index (κ1) is 28.3. The summed E-state index contributed by atoms with van der Waals surface area (Å²) < 4.78 is 17.1. The molecular formula is C32H36N4O5. The molecule has 3 heterocycles. The van der Waals surface area contributed by atoms with E-state index in [4.69, 9.17) is 19.6 Å². The number of pyridine rings is 1. The summed E-state index contributed by atoms with van der Waals surface area (Å²) in [5.41, 5.74) is 6.16. The Kier molecular flexibility index (Phi) is 8.96. The van der Waals surface area contributed by atoms with Crippen LogP contribution >= 0.6 is 0 Å². The van der Waals surface area contributed by atoms with Crippen LogP contribution in [0.5, 0.6) is 5.75 Å². The molecule has 5 rings (SSSR count). The zero-order valence-electron chi connectivity index (χ0n) is 23.5. The molecule has 9 nitrogen and oxygen atoms in total. The van der Waals surface area contributed by atoms with Crippen LogP contribution in [0, 0.1) is 12.3 Å². The van der Waals surface area contributed by atoms with Crippen LogP contribution in [0.4, 0.5) is 5.82 Å². The Bertz CT molecular complexity index is 1450. The van der Waals surface area contributed by atoms with Gasteiger partial charge in [0.25, 0.3) is 0 Å². The summed E-state index contributed by atoms with van der Waals surface area (Å²) >= 11 is 0. The number of carbonyl (C=O) groups is 1. The zero-order chi connectivity index (χ0) is 28.8. The van der Waals surface area contributed by atoms with E-state index < -0.39 is 5.97 Å². The SMILES string of the molecule is CO/C(Nc1cccc(-c2ccc(C)cc2OCc2ccc3c(c2)CCN(C2CCOCC2)C3)n1)=C(/C=N)C(=O)O. The third-order valence-corrected chi connectivity index (χ3v) is 7.64. The second-order valence-corrected chi connectivity index (χ2v) is 10.4. The van der Waals surface area contributed by atoms with Crippen molar-refractivity contribution in [3.05, 3.63) is 88.3 Å². The van der Waals surface area contributed by atoms with Gasteiger partial charge >= 0.3 is 5.97 Å². The first-order valence-electron chi connectivity index (χ1n) is 13.9. The number of nitrogens with zero attached hydrogens (tertiary/aromatic N) is 2. The molecular weight excluding hydrogens is 520 g/mol. The largest absolute Gasteiger partial charge is 0.488 e. The predicted molar refractivity (Wildman–Crippen MR) is 157 cm³/mol. The summed E-state index contributed by atoms with van der Waals surface area (Å²) in [6.07, 6.45) is 4.00. The zero-order valence-corrected chi connectivity index (χ0v) is 23.5. The van der Waals surface area contributed by atoms with E-state index in [1.807, 2.05) is 37.3 Å². The Labute approximate surface area is 240 Å². The predicted octanol–water partition coefficient (Wildman–Crippen LogP) is 5.18. The van der Waals surface area contributed by atoms with Gasteiger partial charge in [0.2, 0.25) is 5.88 Å². The van der Waals surface area contributed by atoms with Gasteiger partial charge in [0.1, 0.15) is 23.7 Å². The molecule has 0 saturated carbocycles. The average Bonchev–Trinajstić information content (AvgIpc) is 3.00. The Balaban J connectivity index is 1.31. The summed E-state index contributed by atoms with van der Waals surface area (Å²) in [6, 6.07) is 18.7. The highest BCUT2D eigenvalue weighted by atomic mass is 16.5. The Morgan fingerprint density at radius 3 is 2.76 bits per heavy atom. The van der Waals surface area contributed by atoms with Crippen molar-refractivity contribution in [3.63, 3.8) is 0 Å². The standard InChI is InChI=1S/C32H36N4O5/c1-21-6-9-26(28-4-3-5-30(34-28)35-31(39-2)27(18-33)32(37)38)29(16-21)41-20-22-7-8-24-19-36(13-10-23(24)17-22)25-11-14-40-15-12-25/h3-9,16-18,25,33H,10-15,19-20H2,1-2H3,(H,34,35)(H,37,38)/b31-27-,33-18?. The number of ether oxygens (including phenoxy) is 3. The summed E-state index contributed by atoms with van der Waals surface area (Å²) in [7, 11) is 1.34. The average molecular weight is 557 g/mol. The molecule has 0 amide bonds. The van der Waals surface area contributed by atoms with E-state index in [2.05, 4.69) is 33.4 Å². The number of benzene rings is 2. The number of fused-ring (bicyclic) bond motifs is 1. The maximum absolute atomic E-state index is 11.5. The number of anilines is 1. The third-order valence-electron chi connectivity index (χ3n) is 7.64. The first-order chi connectivity index (χ1) is 19.9. The molecule has 3 N–H and O–H groups in total. The van der Waals surface area contributed by atoms with Gasteiger partial charge in [-0.2, -0.15) is 0 Å². The molecule has 3 aromatic rings. The molecule has 0 atom stereocenters. The van der Waals surface area contributed by atoms with E-state index in [-0.39, 0.29) is 11.5 Å². The number of hydrogen-bond acceptors (Lipinski definition) is 8. The van der Waals surface area contributed by atoms with E-state index >= 15 is 0 Å². The Morgan fingerprint density at radius 1 is 1.17 bits per heavy atom. The first-order valence-corrected chi connectivity index (χ1v) is 13.9.